The number of hydrogen-bond acceptors (Lipinski definition) is 6. The first-order valence-electron chi connectivity index (χ1n) is 6.48. The van der Waals surface area contributed by atoms with E-state index in [1.165, 1.54) is 0 Å². The van der Waals surface area contributed by atoms with E-state index in [2.05, 4.69) is 22.2 Å². The molecule has 6 heteroatoms. The summed E-state index contributed by atoms with van der Waals surface area (Å²) < 4.78 is 5.40. The van der Waals surface area contributed by atoms with E-state index >= 15 is 0 Å². The molecular formula is C14H18N4OS. The summed E-state index contributed by atoms with van der Waals surface area (Å²) in [7, 11) is 0. The average molecular weight is 290 g/mol. The van der Waals surface area contributed by atoms with Gasteiger partial charge >= 0.3 is 0 Å². The molecule has 0 atom stereocenters. The van der Waals surface area contributed by atoms with Crippen molar-refractivity contribution in [3.63, 3.8) is 0 Å². The molecule has 1 heterocycles. The standard InChI is InChI=1S/C14H18N4OS/c1-3-19-11-7-5-10(6-8-11)16-13-9-12(15)17-14(18-13)20-4-2/h5-9H,3-4H2,1-2H3,(H3,15,16,17,18). The number of anilines is 3. The first-order chi connectivity index (χ1) is 9.71. The van der Waals surface area contributed by atoms with Gasteiger partial charge in [0.25, 0.3) is 0 Å². The molecule has 5 nitrogen and oxygen atoms in total. The van der Waals surface area contributed by atoms with Crippen LogP contribution in [0.15, 0.2) is 35.5 Å². The fraction of sp³-hybridized carbons (Fsp3) is 0.286. The number of ether oxygens (including phenoxy) is 1. The second-order valence-electron chi connectivity index (χ2n) is 3.98. The smallest absolute Gasteiger partial charge is 0.191 e. The van der Waals surface area contributed by atoms with Gasteiger partial charge in [0.15, 0.2) is 5.16 Å². The third-order valence-corrected chi connectivity index (χ3v) is 3.17. The lowest BCUT2D eigenvalue weighted by Gasteiger charge is -2.09. The van der Waals surface area contributed by atoms with Crippen molar-refractivity contribution < 1.29 is 4.74 Å². The van der Waals surface area contributed by atoms with E-state index in [1.807, 2.05) is 31.2 Å². The zero-order valence-corrected chi connectivity index (χ0v) is 12.4. The number of benzene rings is 1. The van der Waals surface area contributed by atoms with Gasteiger partial charge in [0, 0.05) is 11.8 Å². The molecule has 0 saturated heterocycles. The maximum atomic E-state index is 5.78. The lowest BCUT2D eigenvalue weighted by atomic mass is 10.3. The number of nitrogens with one attached hydrogen (secondary N) is 1. The number of aromatic nitrogens is 2. The molecule has 3 N–H and O–H groups in total. The fourth-order valence-electron chi connectivity index (χ4n) is 1.65. The van der Waals surface area contributed by atoms with Crippen LogP contribution in [0.1, 0.15) is 13.8 Å². The van der Waals surface area contributed by atoms with Crippen LogP contribution in [-0.2, 0) is 0 Å². The molecule has 0 radical (unpaired) electrons. The summed E-state index contributed by atoms with van der Waals surface area (Å²) in [5.74, 6) is 2.91. The Morgan fingerprint density at radius 3 is 2.60 bits per heavy atom. The largest absolute Gasteiger partial charge is 0.494 e. The van der Waals surface area contributed by atoms with Crippen molar-refractivity contribution in [1.82, 2.24) is 9.97 Å². The Morgan fingerprint density at radius 2 is 1.95 bits per heavy atom. The summed E-state index contributed by atoms with van der Waals surface area (Å²) >= 11 is 1.56. The van der Waals surface area contributed by atoms with Crippen molar-refractivity contribution in [1.29, 1.82) is 0 Å². The molecule has 1 aromatic heterocycles. The van der Waals surface area contributed by atoms with Crippen LogP contribution in [0.2, 0.25) is 0 Å². The van der Waals surface area contributed by atoms with Gasteiger partial charge < -0.3 is 15.8 Å². The number of nitrogens with zero attached hydrogens (tertiary/aromatic N) is 2. The SMILES string of the molecule is CCOc1ccc(Nc2cc(N)nc(SCC)n2)cc1. The van der Waals surface area contributed by atoms with Gasteiger partial charge in [-0.05, 0) is 36.9 Å². The first-order valence-corrected chi connectivity index (χ1v) is 7.47. The second kappa shape index (κ2) is 7.00. The summed E-state index contributed by atoms with van der Waals surface area (Å²) in [5.41, 5.74) is 6.71. The minimum Gasteiger partial charge on any atom is -0.494 e. The van der Waals surface area contributed by atoms with Crippen LogP contribution in [0.25, 0.3) is 0 Å². The Labute approximate surface area is 123 Å². The number of rotatable bonds is 6. The van der Waals surface area contributed by atoms with Crippen molar-refractivity contribution in [2.75, 3.05) is 23.4 Å². The van der Waals surface area contributed by atoms with Crippen LogP contribution in [-0.4, -0.2) is 22.3 Å². The van der Waals surface area contributed by atoms with E-state index in [9.17, 15) is 0 Å². The molecule has 0 spiro atoms. The maximum Gasteiger partial charge on any atom is 0.191 e. The van der Waals surface area contributed by atoms with Crippen molar-refractivity contribution in [3.8, 4) is 5.75 Å². The first kappa shape index (κ1) is 14.5. The van der Waals surface area contributed by atoms with Crippen molar-refractivity contribution in [2.24, 2.45) is 0 Å². The van der Waals surface area contributed by atoms with E-state index in [0.717, 1.165) is 17.2 Å². The highest BCUT2D eigenvalue weighted by Gasteiger charge is 2.03. The van der Waals surface area contributed by atoms with E-state index in [4.69, 9.17) is 10.5 Å². The van der Waals surface area contributed by atoms with Crippen LogP contribution >= 0.6 is 11.8 Å². The number of hydrogen-bond donors (Lipinski definition) is 2. The molecule has 0 bridgehead atoms. The van der Waals surface area contributed by atoms with Gasteiger partial charge in [0.2, 0.25) is 0 Å². The molecule has 20 heavy (non-hydrogen) atoms. The van der Waals surface area contributed by atoms with E-state index in [1.54, 1.807) is 17.8 Å². The Morgan fingerprint density at radius 1 is 1.20 bits per heavy atom. The predicted molar refractivity (Wildman–Crippen MR) is 83.7 cm³/mol. The van der Waals surface area contributed by atoms with Crippen molar-refractivity contribution in [3.05, 3.63) is 30.3 Å². The van der Waals surface area contributed by atoms with Crippen LogP contribution < -0.4 is 15.8 Å². The highest BCUT2D eigenvalue weighted by Crippen LogP contribution is 2.22. The summed E-state index contributed by atoms with van der Waals surface area (Å²) in [6.45, 7) is 4.67. The van der Waals surface area contributed by atoms with Crippen LogP contribution in [0.3, 0.4) is 0 Å². The molecule has 0 saturated carbocycles. The molecule has 0 aliphatic carbocycles. The highest BCUT2D eigenvalue weighted by molar-refractivity contribution is 7.99. The molecule has 0 amide bonds. The molecule has 2 rings (SSSR count). The molecule has 0 aliphatic rings. The van der Waals surface area contributed by atoms with Crippen LogP contribution in [0.4, 0.5) is 17.3 Å². The fourth-order valence-corrected chi connectivity index (χ4v) is 2.24. The zero-order valence-electron chi connectivity index (χ0n) is 11.6. The number of nitrogen functional groups attached to an aromatic ring is 1. The van der Waals surface area contributed by atoms with Gasteiger partial charge in [-0.25, -0.2) is 9.97 Å². The zero-order chi connectivity index (χ0) is 14.4. The Bertz CT molecular complexity index is 560. The summed E-state index contributed by atoms with van der Waals surface area (Å²) in [6, 6.07) is 9.43. The van der Waals surface area contributed by atoms with Gasteiger partial charge in [0.1, 0.15) is 17.4 Å². The molecule has 2 aromatic rings. The summed E-state index contributed by atoms with van der Waals surface area (Å²) in [5, 5.41) is 3.89. The molecule has 0 fully saturated rings. The normalized spacial score (nSPS) is 10.3. The molecule has 1 aromatic carbocycles. The minimum absolute atomic E-state index is 0.462. The van der Waals surface area contributed by atoms with E-state index in [-0.39, 0.29) is 0 Å². The quantitative estimate of drug-likeness (QED) is 0.628. The lowest BCUT2D eigenvalue weighted by molar-refractivity contribution is 0.340. The third-order valence-electron chi connectivity index (χ3n) is 2.44. The maximum absolute atomic E-state index is 5.78. The topological polar surface area (TPSA) is 73.1 Å². The van der Waals surface area contributed by atoms with E-state index in [0.29, 0.717) is 23.4 Å². The van der Waals surface area contributed by atoms with Gasteiger partial charge in [-0.1, -0.05) is 18.7 Å². The van der Waals surface area contributed by atoms with Gasteiger partial charge in [-0.2, -0.15) is 0 Å². The van der Waals surface area contributed by atoms with Crippen molar-refractivity contribution in [2.45, 2.75) is 19.0 Å². The Kier molecular flexibility index (Phi) is 5.06. The number of nitrogens with two attached hydrogens (primary N) is 1. The van der Waals surface area contributed by atoms with Crippen LogP contribution in [0, 0.1) is 0 Å². The Balaban J connectivity index is 2.12. The average Bonchev–Trinajstić information content (AvgIpc) is 2.41. The minimum atomic E-state index is 0.462. The Hall–Kier alpha value is -1.95. The monoisotopic (exact) mass is 290 g/mol. The molecule has 0 aliphatic heterocycles. The second-order valence-corrected chi connectivity index (χ2v) is 5.21. The highest BCUT2D eigenvalue weighted by atomic mass is 32.2. The molecule has 106 valence electrons. The van der Waals surface area contributed by atoms with Gasteiger partial charge in [0.05, 0.1) is 6.61 Å². The third kappa shape index (κ3) is 4.03. The summed E-state index contributed by atoms with van der Waals surface area (Å²) in [6.07, 6.45) is 0. The lowest BCUT2D eigenvalue weighted by Crippen LogP contribution is -2.00. The summed E-state index contributed by atoms with van der Waals surface area (Å²) in [4.78, 5) is 8.58. The van der Waals surface area contributed by atoms with Crippen LogP contribution in [0.5, 0.6) is 5.75 Å². The number of thioether (sulfide) groups is 1. The van der Waals surface area contributed by atoms with E-state index < -0.39 is 0 Å². The predicted octanol–water partition coefficient (Wildman–Crippen LogP) is 3.31. The molecule has 0 unspecified atom stereocenters. The van der Waals surface area contributed by atoms with Crippen molar-refractivity contribution >= 4 is 29.1 Å². The van der Waals surface area contributed by atoms with Gasteiger partial charge in [-0.15, -0.1) is 0 Å². The molecular weight excluding hydrogens is 272 g/mol. The van der Waals surface area contributed by atoms with Gasteiger partial charge in [-0.3, -0.25) is 0 Å².